The quantitative estimate of drug-likeness (QED) is 0.815. The van der Waals surface area contributed by atoms with Crippen LogP contribution >= 0.6 is 0 Å². The molecule has 1 heterocycles. The minimum atomic E-state index is 0.522. The maximum absolute atomic E-state index is 5.31. The lowest BCUT2D eigenvalue weighted by Crippen LogP contribution is -2.14. The van der Waals surface area contributed by atoms with Crippen LogP contribution in [-0.2, 0) is 6.54 Å². The fourth-order valence-corrected chi connectivity index (χ4v) is 2.59. The Balaban J connectivity index is 1.86. The van der Waals surface area contributed by atoms with E-state index in [9.17, 15) is 0 Å². The molecule has 1 aliphatic carbocycles. The summed E-state index contributed by atoms with van der Waals surface area (Å²) in [5.41, 5.74) is 0. The molecule has 4 heteroatoms. The van der Waals surface area contributed by atoms with E-state index in [2.05, 4.69) is 22.4 Å². The molecule has 0 spiro atoms. The molecule has 18 heavy (non-hydrogen) atoms. The average molecular weight is 251 g/mol. The van der Waals surface area contributed by atoms with E-state index in [1.54, 1.807) is 0 Å². The van der Waals surface area contributed by atoms with E-state index in [4.69, 9.17) is 4.52 Å². The zero-order valence-electron chi connectivity index (χ0n) is 11.5. The highest BCUT2D eigenvalue weighted by Gasteiger charge is 2.19. The van der Waals surface area contributed by atoms with Crippen LogP contribution in [-0.4, -0.2) is 16.7 Å². The second kappa shape index (κ2) is 7.52. The molecule has 0 unspecified atom stereocenters. The van der Waals surface area contributed by atoms with Crippen molar-refractivity contribution in [3.05, 3.63) is 11.7 Å². The third-order valence-corrected chi connectivity index (χ3v) is 3.66. The molecule has 0 atom stereocenters. The van der Waals surface area contributed by atoms with Crippen molar-refractivity contribution in [3.63, 3.8) is 0 Å². The Morgan fingerprint density at radius 1 is 1.17 bits per heavy atom. The van der Waals surface area contributed by atoms with E-state index in [1.165, 1.54) is 44.9 Å². The maximum Gasteiger partial charge on any atom is 0.240 e. The summed E-state index contributed by atoms with van der Waals surface area (Å²) in [6.07, 6.45) is 10.3. The summed E-state index contributed by atoms with van der Waals surface area (Å²) in [6.45, 7) is 3.86. The van der Waals surface area contributed by atoms with E-state index >= 15 is 0 Å². The van der Waals surface area contributed by atoms with Gasteiger partial charge < -0.3 is 9.84 Å². The third-order valence-electron chi connectivity index (χ3n) is 3.66. The Hall–Kier alpha value is -0.900. The van der Waals surface area contributed by atoms with Crippen molar-refractivity contribution >= 4 is 0 Å². The maximum atomic E-state index is 5.31. The standard InChI is InChI=1S/C14H25N3O/c1-2-10-15-11-13-16-14(17-18-13)12-8-6-4-3-5-7-9-12/h12,15H,2-11H2,1H3. The summed E-state index contributed by atoms with van der Waals surface area (Å²) in [5.74, 6) is 2.19. The van der Waals surface area contributed by atoms with Gasteiger partial charge in [-0.1, -0.05) is 44.2 Å². The van der Waals surface area contributed by atoms with Gasteiger partial charge in [-0.2, -0.15) is 4.98 Å². The molecule has 0 amide bonds. The first-order chi connectivity index (χ1) is 8.90. The van der Waals surface area contributed by atoms with Crippen molar-refractivity contribution in [1.82, 2.24) is 15.5 Å². The monoisotopic (exact) mass is 251 g/mol. The lowest BCUT2D eigenvalue weighted by atomic mass is 9.91. The first-order valence-electron chi connectivity index (χ1n) is 7.43. The summed E-state index contributed by atoms with van der Waals surface area (Å²) in [7, 11) is 0. The molecule has 0 radical (unpaired) electrons. The largest absolute Gasteiger partial charge is 0.338 e. The van der Waals surface area contributed by atoms with Gasteiger partial charge in [-0.25, -0.2) is 0 Å². The summed E-state index contributed by atoms with van der Waals surface area (Å²) in [5, 5.41) is 7.46. The summed E-state index contributed by atoms with van der Waals surface area (Å²) in [4.78, 5) is 4.54. The van der Waals surface area contributed by atoms with Crippen molar-refractivity contribution < 1.29 is 4.52 Å². The molecule has 102 valence electrons. The number of hydrogen-bond donors (Lipinski definition) is 1. The molecular formula is C14H25N3O. The number of rotatable bonds is 5. The molecule has 1 aromatic heterocycles. The Kier molecular flexibility index (Phi) is 5.65. The summed E-state index contributed by atoms with van der Waals surface area (Å²) in [6, 6.07) is 0. The topological polar surface area (TPSA) is 51.0 Å². The van der Waals surface area contributed by atoms with Gasteiger partial charge in [0.15, 0.2) is 5.82 Å². The van der Waals surface area contributed by atoms with Gasteiger partial charge in [0, 0.05) is 5.92 Å². The van der Waals surface area contributed by atoms with E-state index in [0.717, 1.165) is 24.7 Å². The molecular weight excluding hydrogens is 226 g/mol. The average Bonchev–Trinajstić information content (AvgIpc) is 2.78. The van der Waals surface area contributed by atoms with Gasteiger partial charge in [0.2, 0.25) is 5.89 Å². The van der Waals surface area contributed by atoms with Crippen LogP contribution in [0.2, 0.25) is 0 Å². The van der Waals surface area contributed by atoms with E-state index < -0.39 is 0 Å². The second-order valence-corrected chi connectivity index (χ2v) is 5.27. The lowest BCUT2D eigenvalue weighted by Gasteiger charge is -2.15. The fourth-order valence-electron chi connectivity index (χ4n) is 2.59. The van der Waals surface area contributed by atoms with Crippen LogP contribution in [0.15, 0.2) is 4.52 Å². The Morgan fingerprint density at radius 3 is 2.61 bits per heavy atom. The van der Waals surface area contributed by atoms with Crippen LogP contribution in [0, 0.1) is 0 Å². The molecule has 0 aliphatic heterocycles. The molecule has 0 aromatic carbocycles. The molecule has 1 N–H and O–H groups in total. The zero-order chi connectivity index (χ0) is 12.6. The van der Waals surface area contributed by atoms with Gasteiger partial charge in [0.25, 0.3) is 0 Å². The molecule has 0 bridgehead atoms. The first-order valence-corrected chi connectivity index (χ1v) is 7.43. The van der Waals surface area contributed by atoms with Crippen LogP contribution in [0.3, 0.4) is 0 Å². The van der Waals surface area contributed by atoms with Gasteiger partial charge in [0.1, 0.15) is 0 Å². The van der Waals surface area contributed by atoms with Crippen molar-refractivity contribution in [3.8, 4) is 0 Å². The molecule has 1 fully saturated rings. The van der Waals surface area contributed by atoms with Crippen LogP contribution in [0.25, 0.3) is 0 Å². The normalized spacial score (nSPS) is 18.5. The van der Waals surface area contributed by atoms with Gasteiger partial charge >= 0.3 is 0 Å². The summed E-state index contributed by atoms with van der Waals surface area (Å²) < 4.78 is 5.31. The molecule has 0 saturated heterocycles. The molecule has 1 saturated carbocycles. The predicted molar refractivity (Wildman–Crippen MR) is 71.4 cm³/mol. The minimum absolute atomic E-state index is 0.522. The van der Waals surface area contributed by atoms with Crippen molar-refractivity contribution in [1.29, 1.82) is 0 Å². The van der Waals surface area contributed by atoms with Gasteiger partial charge in [-0.3, -0.25) is 0 Å². The summed E-state index contributed by atoms with van der Waals surface area (Å²) >= 11 is 0. The van der Waals surface area contributed by atoms with Gasteiger partial charge in [0.05, 0.1) is 6.54 Å². The Bertz CT molecular complexity index is 330. The number of nitrogens with one attached hydrogen (secondary N) is 1. The van der Waals surface area contributed by atoms with Crippen LogP contribution in [0.4, 0.5) is 0 Å². The number of nitrogens with zero attached hydrogens (tertiary/aromatic N) is 2. The van der Waals surface area contributed by atoms with Crippen molar-refractivity contribution in [2.24, 2.45) is 0 Å². The second-order valence-electron chi connectivity index (χ2n) is 5.27. The van der Waals surface area contributed by atoms with Crippen molar-refractivity contribution in [2.45, 2.75) is 70.8 Å². The van der Waals surface area contributed by atoms with Crippen molar-refractivity contribution in [2.75, 3.05) is 6.54 Å². The predicted octanol–water partition coefficient (Wildman–Crippen LogP) is 3.40. The molecule has 4 nitrogen and oxygen atoms in total. The van der Waals surface area contributed by atoms with Crippen LogP contribution in [0.5, 0.6) is 0 Å². The Morgan fingerprint density at radius 2 is 1.89 bits per heavy atom. The zero-order valence-corrected chi connectivity index (χ0v) is 11.5. The Labute approximate surface area is 110 Å². The highest BCUT2D eigenvalue weighted by Crippen LogP contribution is 2.28. The molecule has 1 aliphatic rings. The highest BCUT2D eigenvalue weighted by atomic mass is 16.5. The minimum Gasteiger partial charge on any atom is -0.338 e. The van der Waals surface area contributed by atoms with Crippen LogP contribution < -0.4 is 5.32 Å². The first kappa shape index (κ1) is 13.5. The fraction of sp³-hybridized carbons (Fsp3) is 0.857. The van der Waals surface area contributed by atoms with Gasteiger partial charge in [-0.15, -0.1) is 0 Å². The van der Waals surface area contributed by atoms with Gasteiger partial charge in [-0.05, 0) is 25.8 Å². The lowest BCUT2D eigenvalue weighted by molar-refractivity contribution is 0.353. The smallest absolute Gasteiger partial charge is 0.240 e. The molecule has 2 rings (SSSR count). The van der Waals surface area contributed by atoms with Crippen LogP contribution in [0.1, 0.15) is 75.9 Å². The number of aromatic nitrogens is 2. The molecule has 1 aromatic rings. The third kappa shape index (κ3) is 4.09. The number of hydrogen-bond acceptors (Lipinski definition) is 4. The van der Waals surface area contributed by atoms with E-state index in [0.29, 0.717) is 12.5 Å². The van der Waals surface area contributed by atoms with E-state index in [1.807, 2.05) is 0 Å². The highest BCUT2D eigenvalue weighted by molar-refractivity contribution is 4.95. The van der Waals surface area contributed by atoms with E-state index in [-0.39, 0.29) is 0 Å². The SMILES string of the molecule is CCCNCc1nc(C2CCCCCCC2)no1.